The number of nitriles is 1. The molecule has 1 heterocycles. The summed E-state index contributed by atoms with van der Waals surface area (Å²) in [5.74, 6) is 0.330. The number of esters is 1. The van der Waals surface area contributed by atoms with Gasteiger partial charge in [-0.2, -0.15) is 5.26 Å². The van der Waals surface area contributed by atoms with Crippen LogP contribution in [-0.4, -0.2) is 26.9 Å². The first-order valence-electron chi connectivity index (χ1n) is 12.6. The van der Waals surface area contributed by atoms with Crippen molar-refractivity contribution in [2.75, 3.05) is 0 Å². The summed E-state index contributed by atoms with van der Waals surface area (Å²) >= 11 is 0. The predicted octanol–water partition coefficient (Wildman–Crippen LogP) is 6.75. The predicted molar refractivity (Wildman–Crippen MR) is 141 cm³/mol. The summed E-state index contributed by atoms with van der Waals surface area (Å²) < 4.78 is 7.47. The van der Waals surface area contributed by atoms with Gasteiger partial charge < -0.3 is 9.30 Å². The maximum atomic E-state index is 12.8. The number of ether oxygens (including phenoxy) is 1. The second kappa shape index (κ2) is 11.8. The summed E-state index contributed by atoms with van der Waals surface area (Å²) in [6, 6.07) is 17.5. The minimum atomic E-state index is -0.579. The van der Waals surface area contributed by atoms with Crippen molar-refractivity contribution in [1.29, 1.82) is 5.26 Å². The molecule has 0 N–H and O–H groups in total. The molecule has 0 bridgehead atoms. The number of carbonyl (C=O) groups is 2. The van der Waals surface area contributed by atoms with E-state index in [1.165, 1.54) is 0 Å². The standard InChI is InChI=1S/C30H35N3O3/c1-6-8-14-27-32-28(26(34)11-7-2)25(19-31)33(27)20-21-15-17-22(18-16-21)23-12-9-10-13-24(23)29(35)36-30(3,4)5/h9-10,12-13,15-18H,6-8,11,14,20H2,1-5H3. The molecule has 2 aromatic carbocycles. The molecule has 1 aromatic heterocycles. The van der Waals surface area contributed by atoms with E-state index in [1.54, 1.807) is 6.07 Å². The van der Waals surface area contributed by atoms with E-state index in [1.807, 2.05) is 74.7 Å². The fraction of sp³-hybridized carbons (Fsp3) is 0.400. The van der Waals surface area contributed by atoms with Crippen LogP contribution < -0.4 is 0 Å². The number of Topliss-reactive ketones (excluding diaryl/α,β-unsaturated/α-hetero) is 1. The Morgan fingerprint density at radius 2 is 1.72 bits per heavy atom. The normalized spacial score (nSPS) is 11.2. The number of ketones is 1. The molecule has 36 heavy (non-hydrogen) atoms. The SMILES string of the molecule is CCCCc1nc(C(=O)CCC)c(C#N)n1Cc1ccc(-c2ccccc2C(=O)OC(C)(C)C)cc1. The molecular weight excluding hydrogens is 450 g/mol. The van der Waals surface area contributed by atoms with Crippen molar-refractivity contribution in [2.24, 2.45) is 0 Å². The van der Waals surface area contributed by atoms with Gasteiger partial charge in [0.15, 0.2) is 11.5 Å². The number of benzene rings is 2. The molecular formula is C30H35N3O3. The van der Waals surface area contributed by atoms with E-state index in [0.29, 0.717) is 37.1 Å². The fourth-order valence-corrected chi connectivity index (χ4v) is 4.07. The number of hydrogen-bond donors (Lipinski definition) is 0. The van der Waals surface area contributed by atoms with Crippen molar-refractivity contribution >= 4 is 11.8 Å². The van der Waals surface area contributed by atoms with E-state index >= 15 is 0 Å². The van der Waals surface area contributed by atoms with Gasteiger partial charge in [0.25, 0.3) is 0 Å². The van der Waals surface area contributed by atoms with Crippen LogP contribution in [0.15, 0.2) is 48.5 Å². The number of imidazole rings is 1. The zero-order valence-electron chi connectivity index (χ0n) is 21.9. The van der Waals surface area contributed by atoms with E-state index in [0.717, 1.165) is 35.4 Å². The highest BCUT2D eigenvalue weighted by Crippen LogP contribution is 2.27. The van der Waals surface area contributed by atoms with Crippen molar-refractivity contribution in [3.05, 3.63) is 76.9 Å². The molecule has 0 spiro atoms. The molecule has 0 atom stereocenters. The number of aromatic nitrogens is 2. The molecule has 0 amide bonds. The number of rotatable bonds is 10. The number of hydrogen-bond acceptors (Lipinski definition) is 5. The highest BCUT2D eigenvalue weighted by molar-refractivity contribution is 5.97. The first-order valence-corrected chi connectivity index (χ1v) is 12.6. The number of carbonyl (C=O) groups excluding carboxylic acids is 2. The highest BCUT2D eigenvalue weighted by Gasteiger charge is 2.23. The average Bonchev–Trinajstić information content (AvgIpc) is 3.19. The van der Waals surface area contributed by atoms with Crippen LogP contribution in [0.5, 0.6) is 0 Å². The highest BCUT2D eigenvalue weighted by atomic mass is 16.6. The lowest BCUT2D eigenvalue weighted by atomic mass is 9.98. The van der Waals surface area contributed by atoms with Crippen LogP contribution in [0.2, 0.25) is 0 Å². The van der Waals surface area contributed by atoms with Gasteiger partial charge in [-0.3, -0.25) is 4.79 Å². The molecule has 0 fully saturated rings. The van der Waals surface area contributed by atoms with Gasteiger partial charge in [-0.15, -0.1) is 0 Å². The lowest BCUT2D eigenvalue weighted by Crippen LogP contribution is -2.24. The Labute approximate surface area is 213 Å². The lowest BCUT2D eigenvalue weighted by Gasteiger charge is -2.20. The second-order valence-corrected chi connectivity index (χ2v) is 9.94. The molecule has 0 aliphatic heterocycles. The Bertz CT molecular complexity index is 1260. The number of unbranched alkanes of at least 4 members (excludes halogenated alkanes) is 1. The van der Waals surface area contributed by atoms with Crippen molar-refractivity contribution in [1.82, 2.24) is 9.55 Å². The van der Waals surface area contributed by atoms with Gasteiger partial charge in [0, 0.05) is 12.8 Å². The van der Waals surface area contributed by atoms with E-state index in [4.69, 9.17) is 4.74 Å². The van der Waals surface area contributed by atoms with Gasteiger partial charge in [-0.05, 0) is 56.4 Å². The molecule has 0 unspecified atom stereocenters. The largest absolute Gasteiger partial charge is 0.456 e. The van der Waals surface area contributed by atoms with Crippen LogP contribution in [0, 0.1) is 11.3 Å². The minimum absolute atomic E-state index is 0.0837. The average molecular weight is 486 g/mol. The molecule has 0 saturated heterocycles. The van der Waals surface area contributed by atoms with Crippen LogP contribution in [0.3, 0.4) is 0 Å². The quantitative estimate of drug-likeness (QED) is 0.234. The Kier molecular flexibility index (Phi) is 8.82. The smallest absolute Gasteiger partial charge is 0.339 e. The van der Waals surface area contributed by atoms with Crippen LogP contribution in [0.4, 0.5) is 0 Å². The number of nitrogens with zero attached hydrogens (tertiary/aromatic N) is 3. The molecule has 3 aromatic rings. The van der Waals surface area contributed by atoms with Crippen LogP contribution >= 0.6 is 0 Å². The van der Waals surface area contributed by atoms with Gasteiger partial charge >= 0.3 is 5.97 Å². The van der Waals surface area contributed by atoms with E-state index in [-0.39, 0.29) is 17.4 Å². The third-order valence-electron chi connectivity index (χ3n) is 5.80. The first-order chi connectivity index (χ1) is 17.2. The summed E-state index contributed by atoms with van der Waals surface area (Å²) in [5, 5.41) is 9.88. The zero-order chi connectivity index (χ0) is 26.3. The first kappa shape index (κ1) is 26.9. The molecule has 6 heteroatoms. The second-order valence-electron chi connectivity index (χ2n) is 9.94. The van der Waals surface area contributed by atoms with Crippen molar-refractivity contribution in [2.45, 2.75) is 78.9 Å². The van der Waals surface area contributed by atoms with E-state index in [9.17, 15) is 14.9 Å². The third-order valence-corrected chi connectivity index (χ3v) is 5.80. The molecule has 3 rings (SSSR count). The van der Waals surface area contributed by atoms with Crippen molar-refractivity contribution in [3.8, 4) is 17.2 Å². The maximum absolute atomic E-state index is 12.8. The molecule has 0 saturated carbocycles. The van der Waals surface area contributed by atoms with E-state index in [2.05, 4.69) is 18.0 Å². The molecule has 6 nitrogen and oxygen atoms in total. The topological polar surface area (TPSA) is 85.0 Å². The molecule has 0 radical (unpaired) electrons. The molecule has 0 aliphatic carbocycles. The Balaban J connectivity index is 1.93. The Hall–Kier alpha value is -3.72. The van der Waals surface area contributed by atoms with E-state index < -0.39 is 5.60 Å². The number of aryl methyl sites for hydroxylation is 1. The third kappa shape index (κ3) is 6.48. The monoisotopic (exact) mass is 485 g/mol. The summed E-state index contributed by atoms with van der Waals surface area (Å²) in [4.78, 5) is 30.0. The van der Waals surface area contributed by atoms with Gasteiger partial charge in [-0.25, -0.2) is 9.78 Å². The summed E-state index contributed by atoms with van der Waals surface area (Å²) in [7, 11) is 0. The summed E-state index contributed by atoms with van der Waals surface area (Å²) in [6.07, 6.45) is 3.74. The van der Waals surface area contributed by atoms with Crippen molar-refractivity contribution in [3.63, 3.8) is 0 Å². The zero-order valence-corrected chi connectivity index (χ0v) is 21.9. The van der Waals surface area contributed by atoms with Gasteiger partial charge in [0.1, 0.15) is 23.2 Å². The summed E-state index contributed by atoms with van der Waals surface area (Å²) in [6.45, 7) is 10.1. The lowest BCUT2D eigenvalue weighted by molar-refractivity contribution is 0.00703. The Morgan fingerprint density at radius 1 is 1.03 bits per heavy atom. The van der Waals surface area contributed by atoms with Crippen LogP contribution in [0.25, 0.3) is 11.1 Å². The van der Waals surface area contributed by atoms with Gasteiger partial charge in [0.2, 0.25) is 0 Å². The molecule has 188 valence electrons. The Morgan fingerprint density at radius 3 is 2.33 bits per heavy atom. The van der Waals surface area contributed by atoms with Gasteiger partial charge in [-0.1, -0.05) is 62.7 Å². The minimum Gasteiger partial charge on any atom is -0.456 e. The molecule has 0 aliphatic rings. The summed E-state index contributed by atoms with van der Waals surface area (Å²) in [5.41, 5.74) is 3.24. The van der Waals surface area contributed by atoms with Crippen LogP contribution in [0.1, 0.15) is 98.2 Å². The van der Waals surface area contributed by atoms with Gasteiger partial charge in [0.05, 0.1) is 12.1 Å². The maximum Gasteiger partial charge on any atom is 0.339 e. The fourth-order valence-electron chi connectivity index (χ4n) is 4.07. The van der Waals surface area contributed by atoms with Crippen LogP contribution in [-0.2, 0) is 17.7 Å². The van der Waals surface area contributed by atoms with Crippen molar-refractivity contribution < 1.29 is 14.3 Å².